The average Bonchev–Trinajstić information content (AvgIpc) is 3.47. The Morgan fingerprint density at radius 3 is 2.45 bits per heavy atom. The summed E-state index contributed by atoms with van der Waals surface area (Å²) >= 11 is 6.09. The Morgan fingerprint density at radius 2 is 1.73 bits per heavy atom. The molecule has 1 saturated heterocycles. The molecule has 3 aromatic rings. The van der Waals surface area contributed by atoms with Crippen LogP contribution < -0.4 is 0 Å². The van der Waals surface area contributed by atoms with Crippen molar-refractivity contribution < 1.29 is 13.5 Å². The second-order valence-electron chi connectivity index (χ2n) is 8.92. The zero-order chi connectivity index (χ0) is 23.0. The molecular weight excluding hydrogens is 460 g/mol. The van der Waals surface area contributed by atoms with Crippen LogP contribution in [0.5, 0.6) is 0 Å². The number of rotatable bonds is 6. The molecule has 0 spiro atoms. The summed E-state index contributed by atoms with van der Waals surface area (Å²) in [6.45, 7) is -0.183. The molecule has 0 amide bonds. The van der Waals surface area contributed by atoms with Gasteiger partial charge in [-0.05, 0) is 48.4 Å². The molecule has 5 rings (SSSR count). The molecule has 2 aliphatic rings. The number of sulfonamides is 1. The van der Waals surface area contributed by atoms with Crippen LogP contribution in [0.2, 0.25) is 5.02 Å². The Balaban J connectivity index is 1.53. The first-order chi connectivity index (χ1) is 16.0. The number of nitrogens with zero attached hydrogens (tertiary/aromatic N) is 4. The Labute approximate surface area is 199 Å². The number of aliphatic hydroxyl groups is 1. The maximum Gasteiger partial charge on any atom is 0.264 e. The van der Waals surface area contributed by atoms with Crippen molar-refractivity contribution >= 4 is 21.6 Å². The Bertz CT molecular complexity index is 1200. The predicted molar refractivity (Wildman–Crippen MR) is 125 cm³/mol. The maximum absolute atomic E-state index is 13.7. The highest BCUT2D eigenvalue weighted by Crippen LogP contribution is 2.42. The van der Waals surface area contributed by atoms with Crippen LogP contribution in [0.4, 0.5) is 0 Å². The van der Waals surface area contributed by atoms with Crippen molar-refractivity contribution in [3.63, 3.8) is 0 Å². The van der Waals surface area contributed by atoms with Crippen molar-refractivity contribution in [2.24, 2.45) is 5.92 Å². The number of aliphatic hydroxyl groups excluding tert-OH is 1. The summed E-state index contributed by atoms with van der Waals surface area (Å²) < 4.78 is 30.5. The quantitative estimate of drug-likeness (QED) is 0.571. The maximum atomic E-state index is 13.7. The monoisotopic (exact) mass is 486 g/mol. The summed E-state index contributed by atoms with van der Waals surface area (Å²) in [5.74, 6) is 0.298. The Morgan fingerprint density at radius 1 is 1.03 bits per heavy atom. The van der Waals surface area contributed by atoms with E-state index in [0.717, 1.165) is 36.8 Å². The van der Waals surface area contributed by atoms with E-state index in [1.807, 2.05) is 42.5 Å². The van der Waals surface area contributed by atoms with Gasteiger partial charge in [-0.15, -0.1) is 5.10 Å². The Hall–Kier alpha value is -2.26. The third-order valence-corrected chi connectivity index (χ3v) is 9.03. The summed E-state index contributed by atoms with van der Waals surface area (Å²) in [6.07, 6.45) is 6.16. The molecule has 4 unspecified atom stereocenters. The number of halogens is 1. The summed E-state index contributed by atoms with van der Waals surface area (Å²) in [6, 6.07) is 16.3. The lowest BCUT2D eigenvalue weighted by Crippen LogP contribution is -2.44. The molecule has 1 aromatic heterocycles. The fourth-order valence-corrected chi connectivity index (χ4v) is 7.35. The van der Waals surface area contributed by atoms with Crippen molar-refractivity contribution in [2.75, 3.05) is 6.61 Å². The minimum atomic E-state index is -3.90. The van der Waals surface area contributed by atoms with Gasteiger partial charge in [0, 0.05) is 17.1 Å². The smallest absolute Gasteiger partial charge is 0.264 e. The highest BCUT2D eigenvalue weighted by atomic mass is 35.5. The number of aromatic nitrogens is 3. The molecule has 1 aliphatic heterocycles. The zero-order valence-corrected chi connectivity index (χ0v) is 19.7. The summed E-state index contributed by atoms with van der Waals surface area (Å²) in [5, 5.41) is 18.8. The van der Waals surface area contributed by atoms with E-state index in [0.29, 0.717) is 17.4 Å². The molecule has 9 heteroatoms. The zero-order valence-electron chi connectivity index (χ0n) is 18.2. The van der Waals surface area contributed by atoms with Gasteiger partial charge in [0.2, 0.25) is 5.03 Å². The third kappa shape index (κ3) is 4.21. The molecule has 33 heavy (non-hydrogen) atoms. The molecule has 0 radical (unpaired) electrons. The first-order valence-corrected chi connectivity index (χ1v) is 13.2. The number of fused-ring (bicyclic) bond motifs is 1. The van der Waals surface area contributed by atoms with Gasteiger partial charge < -0.3 is 5.11 Å². The molecule has 2 fully saturated rings. The van der Waals surface area contributed by atoms with E-state index in [2.05, 4.69) is 10.3 Å². The molecule has 2 aromatic carbocycles. The minimum Gasteiger partial charge on any atom is -0.395 e. The highest BCUT2D eigenvalue weighted by molar-refractivity contribution is 7.89. The first-order valence-electron chi connectivity index (χ1n) is 11.4. The lowest BCUT2D eigenvalue weighted by molar-refractivity contribution is 0.186. The van der Waals surface area contributed by atoms with E-state index < -0.39 is 16.1 Å². The molecular formula is C24H27ClN4O3S. The highest BCUT2D eigenvalue weighted by Gasteiger charge is 2.48. The van der Waals surface area contributed by atoms with Gasteiger partial charge in [-0.3, -0.25) is 0 Å². The van der Waals surface area contributed by atoms with Crippen LogP contribution in [0.1, 0.15) is 49.3 Å². The van der Waals surface area contributed by atoms with E-state index in [-0.39, 0.29) is 23.7 Å². The topological polar surface area (TPSA) is 88.3 Å². The molecule has 4 atom stereocenters. The molecule has 1 aliphatic carbocycles. The first kappa shape index (κ1) is 22.5. The summed E-state index contributed by atoms with van der Waals surface area (Å²) in [7, 11) is -3.90. The average molecular weight is 487 g/mol. The van der Waals surface area contributed by atoms with Crippen molar-refractivity contribution in [3.8, 4) is 0 Å². The second kappa shape index (κ2) is 9.18. The second-order valence-corrected chi connectivity index (χ2v) is 11.1. The fraction of sp³-hybridized carbons (Fsp3) is 0.417. The number of benzene rings is 2. The minimum absolute atomic E-state index is 0.0766. The van der Waals surface area contributed by atoms with E-state index >= 15 is 0 Å². The lowest BCUT2D eigenvalue weighted by atomic mass is 9.85. The van der Waals surface area contributed by atoms with Crippen molar-refractivity contribution in [2.45, 2.75) is 55.3 Å². The van der Waals surface area contributed by atoms with Gasteiger partial charge in [-0.2, -0.15) is 4.31 Å². The van der Waals surface area contributed by atoms with Crippen LogP contribution in [-0.2, 0) is 10.0 Å². The normalized spacial score (nSPS) is 24.5. The molecule has 0 bridgehead atoms. The van der Waals surface area contributed by atoms with Gasteiger partial charge in [-0.1, -0.05) is 72.1 Å². The molecule has 7 nitrogen and oxygen atoms in total. The van der Waals surface area contributed by atoms with Crippen LogP contribution >= 0.6 is 11.6 Å². The van der Waals surface area contributed by atoms with Gasteiger partial charge in [-0.25, -0.2) is 13.1 Å². The van der Waals surface area contributed by atoms with E-state index in [1.54, 1.807) is 16.8 Å². The van der Waals surface area contributed by atoms with Crippen molar-refractivity contribution in [1.29, 1.82) is 0 Å². The van der Waals surface area contributed by atoms with Crippen LogP contribution in [0.3, 0.4) is 0 Å². The molecule has 1 saturated carbocycles. The van der Waals surface area contributed by atoms with Crippen LogP contribution in [0, 0.1) is 5.92 Å². The summed E-state index contributed by atoms with van der Waals surface area (Å²) in [5.41, 5.74) is 1.87. The predicted octanol–water partition coefficient (Wildman–Crippen LogP) is 3.88. The van der Waals surface area contributed by atoms with E-state index in [9.17, 15) is 13.5 Å². The van der Waals surface area contributed by atoms with Crippen LogP contribution in [-0.4, -0.2) is 51.5 Å². The number of hydrogen-bond donors (Lipinski definition) is 1. The fourth-order valence-electron chi connectivity index (χ4n) is 5.44. The molecule has 174 valence electrons. The largest absolute Gasteiger partial charge is 0.395 e. The van der Waals surface area contributed by atoms with Gasteiger partial charge in [0.25, 0.3) is 10.0 Å². The van der Waals surface area contributed by atoms with Gasteiger partial charge in [0.15, 0.2) is 0 Å². The number of hydrogen-bond acceptors (Lipinski definition) is 5. The standard InChI is InChI=1S/C24H27ClN4O3S/c25-20-12-10-18(11-13-20)24(17-6-2-1-3-7-17)28-15-23(26-27-28)33(31,32)29-21(16-30)14-19-8-4-5-9-22(19)29/h1-3,6-7,10-13,15,19,21-22,24,30H,4-5,8-9,14,16H2. The van der Waals surface area contributed by atoms with Crippen molar-refractivity contribution in [1.82, 2.24) is 19.3 Å². The van der Waals surface area contributed by atoms with E-state index in [4.69, 9.17) is 11.6 Å². The summed E-state index contributed by atoms with van der Waals surface area (Å²) in [4.78, 5) is 0. The molecule has 1 N–H and O–H groups in total. The van der Waals surface area contributed by atoms with Crippen LogP contribution in [0.15, 0.2) is 65.8 Å². The van der Waals surface area contributed by atoms with Gasteiger partial charge >= 0.3 is 0 Å². The van der Waals surface area contributed by atoms with Gasteiger partial charge in [0.1, 0.15) is 6.04 Å². The molecule has 2 heterocycles. The van der Waals surface area contributed by atoms with E-state index in [1.165, 1.54) is 10.5 Å². The lowest BCUT2D eigenvalue weighted by Gasteiger charge is -2.31. The Kier molecular flexibility index (Phi) is 6.26. The third-order valence-electron chi connectivity index (χ3n) is 6.94. The van der Waals surface area contributed by atoms with Crippen LogP contribution in [0.25, 0.3) is 0 Å². The SMILES string of the molecule is O=S(=O)(c1cn(C(c2ccccc2)c2ccc(Cl)cc2)nn1)N1C(CO)CC2CCCCC21. The van der Waals surface area contributed by atoms with Crippen molar-refractivity contribution in [3.05, 3.63) is 76.9 Å². The van der Waals surface area contributed by atoms with Gasteiger partial charge in [0.05, 0.1) is 12.8 Å².